The van der Waals surface area contributed by atoms with Gasteiger partial charge in [0, 0.05) is 25.0 Å². The van der Waals surface area contributed by atoms with Gasteiger partial charge in [-0.05, 0) is 25.3 Å². The van der Waals surface area contributed by atoms with Crippen LogP contribution < -0.4 is 5.73 Å². The quantitative estimate of drug-likeness (QED) is 0.947. The summed E-state index contributed by atoms with van der Waals surface area (Å²) in [5.74, 6) is 0.0937. The average molecular weight is 315 g/mol. The van der Waals surface area contributed by atoms with Crippen LogP contribution in [0, 0.1) is 0 Å². The molecule has 0 bridgehead atoms. The number of rotatable bonds is 3. The minimum Gasteiger partial charge on any atom is -0.335 e. The highest BCUT2D eigenvalue weighted by molar-refractivity contribution is 7.13. The number of hydrogen-bond donors (Lipinski definition) is 1. The number of benzene rings is 1. The SMILES string of the molecule is C[C@H]1C[C@@H](N)CCN1C(=O)c1cnc(Cc2ccccc2)s1. The van der Waals surface area contributed by atoms with Crippen molar-refractivity contribution in [3.63, 3.8) is 0 Å². The topological polar surface area (TPSA) is 59.2 Å². The average Bonchev–Trinajstić information content (AvgIpc) is 2.96. The van der Waals surface area contributed by atoms with Crippen molar-refractivity contribution in [3.05, 3.63) is 52.0 Å². The van der Waals surface area contributed by atoms with Crippen LogP contribution in [0.1, 0.15) is 40.0 Å². The van der Waals surface area contributed by atoms with Crippen LogP contribution >= 0.6 is 11.3 Å². The van der Waals surface area contributed by atoms with Crippen molar-refractivity contribution in [2.45, 2.75) is 38.3 Å². The van der Waals surface area contributed by atoms with Gasteiger partial charge < -0.3 is 10.6 Å². The van der Waals surface area contributed by atoms with E-state index in [1.807, 2.05) is 23.1 Å². The molecule has 2 N–H and O–H groups in total. The minimum absolute atomic E-state index is 0.0937. The van der Waals surface area contributed by atoms with Gasteiger partial charge in [0.25, 0.3) is 5.91 Å². The highest BCUT2D eigenvalue weighted by Crippen LogP contribution is 2.23. The van der Waals surface area contributed by atoms with Crippen molar-refractivity contribution >= 4 is 17.2 Å². The van der Waals surface area contributed by atoms with E-state index < -0.39 is 0 Å². The van der Waals surface area contributed by atoms with Crippen molar-refractivity contribution in [2.24, 2.45) is 5.73 Å². The number of carbonyl (C=O) groups excluding carboxylic acids is 1. The molecule has 0 saturated carbocycles. The molecule has 0 aliphatic carbocycles. The molecular weight excluding hydrogens is 294 g/mol. The van der Waals surface area contributed by atoms with Crippen molar-refractivity contribution in [1.29, 1.82) is 0 Å². The summed E-state index contributed by atoms with van der Waals surface area (Å²) in [5.41, 5.74) is 7.18. The fourth-order valence-corrected chi connectivity index (χ4v) is 3.82. The molecule has 1 fully saturated rings. The maximum Gasteiger partial charge on any atom is 0.265 e. The van der Waals surface area contributed by atoms with Crippen LogP contribution in [0.2, 0.25) is 0 Å². The molecule has 22 heavy (non-hydrogen) atoms. The van der Waals surface area contributed by atoms with E-state index in [2.05, 4.69) is 24.0 Å². The van der Waals surface area contributed by atoms with E-state index in [1.165, 1.54) is 16.9 Å². The summed E-state index contributed by atoms with van der Waals surface area (Å²) in [4.78, 5) is 19.7. The van der Waals surface area contributed by atoms with Gasteiger partial charge in [0.2, 0.25) is 0 Å². The Labute approximate surface area is 135 Å². The van der Waals surface area contributed by atoms with Gasteiger partial charge in [0.05, 0.1) is 11.2 Å². The molecule has 2 heterocycles. The number of thiazole rings is 1. The van der Waals surface area contributed by atoms with Gasteiger partial charge in [-0.2, -0.15) is 0 Å². The Balaban J connectivity index is 1.69. The molecule has 1 aromatic heterocycles. The number of aromatic nitrogens is 1. The summed E-state index contributed by atoms with van der Waals surface area (Å²) in [6.07, 6.45) is 4.25. The number of hydrogen-bond acceptors (Lipinski definition) is 4. The summed E-state index contributed by atoms with van der Waals surface area (Å²) in [6.45, 7) is 2.82. The van der Waals surface area contributed by atoms with Crippen LogP contribution in [0.4, 0.5) is 0 Å². The molecule has 2 atom stereocenters. The molecule has 1 saturated heterocycles. The second kappa shape index (κ2) is 6.58. The number of carbonyl (C=O) groups is 1. The molecule has 116 valence electrons. The van der Waals surface area contributed by atoms with Crippen LogP contribution in [0.5, 0.6) is 0 Å². The zero-order valence-electron chi connectivity index (χ0n) is 12.7. The molecular formula is C17H21N3OS. The van der Waals surface area contributed by atoms with E-state index in [9.17, 15) is 4.79 Å². The van der Waals surface area contributed by atoms with Gasteiger partial charge in [-0.1, -0.05) is 30.3 Å². The van der Waals surface area contributed by atoms with Crippen LogP contribution in [0.25, 0.3) is 0 Å². The fourth-order valence-electron chi connectivity index (χ4n) is 2.91. The lowest BCUT2D eigenvalue weighted by Crippen LogP contribution is -2.48. The Morgan fingerprint density at radius 2 is 2.18 bits per heavy atom. The van der Waals surface area contributed by atoms with Gasteiger partial charge >= 0.3 is 0 Å². The highest BCUT2D eigenvalue weighted by Gasteiger charge is 2.28. The first-order chi connectivity index (χ1) is 10.6. The van der Waals surface area contributed by atoms with Crippen molar-refractivity contribution in [2.75, 3.05) is 6.54 Å². The Bertz CT molecular complexity index is 640. The van der Waals surface area contributed by atoms with E-state index in [0.717, 1.165) is 35.7 Å². The lowest BCUT2D eigenvalue weighted by molar-refractivity contribution is 0.0624. The predicted octanol–water partition coefficient (Wildman–Crippen LogP) is 2.69. The van der Waals surface area contributed by atoms with Crippen molar-refractivity contribution in [3.8, 4) is 0 Å². The minimum atomic E-state index is 0.0937. The van der Waals surface area contributed by atoms with E-state index in [0.29, 0.717) is 0 Å². The van der Waals surface area contributed by atoms with Crippen LogP contribution in [0.3, 0.4) is 0 Å². The summed E-state index contributed by atoms with van der Waals surface area (Å²) in [5, 5.41) is 0.982. The lowest BCUT2D eigenvalue weighted by atomic mass is 9.99. The van der Waals surface area contributed by atoms with Gasteiger partial charge in [0.15, 0.2) is 0 Å². The van der Waals surface area contributed by atoms with Crippen molar-refractivity contribution < 1.29 is 4.79 Å². The maximum atomic E-state index is 12.6. The third kappa shape index (κ3) is 3.36. The number of nitrogens with zero attached hydrogens (tertiary/aromatic N) is 2. The standard InChI is InChI=1S/C17H21N3OS/c1-12-9-14(18)7-8-20(12)17(21)15-11-19-16(22-15)10-13-5-3-2-4-6-13/h2-6,11-12,14H,7-10,18H2,1H3/t12-,14-/m0/s1. The van der Waals surface area contributed by atoms with Crippen LogP contribution in [-0.4, -0.2) is 34.4 Å². The molecule has 1 aliphatic rings. The highest BCUT2D eigenvalue weighted by atomic mass is 32.1. The molecule has 1 aliphatic heterocycles. The zero-order valence-corrected chi connectivity index (χ0v) is 13.6. The normalized spacial score (nSPS) is 21.8. The number of nitrogens with two attached hydrogens (primary N) is 1. The predicted molar refractivity (Wildman–Crippen MR) is 89.1 cm³/mol. The van der Waals surface area contributed by atoms with E-state index in [4.69, 9.17) is 5.73 Å². The first kappa shape index (κ1) is 15.2. The third-order valence-electron chi connectivity index (χ3n) is 4.14. The number of amides is 1. The second-order valence-corrected chi connectivity index (χ2v) is 7.03. The van der Waals surface area contributed by atoms with Crippen LogP contribution in [0.15, 0.2) is 36.5 Å². The first-order valence-corrected chi connectivity index (χ1v) is 8.50. The maximum absolute atomic E-state index is 12.6. The summed E-state index contributed by atoms with van der Waals surface area (Å²) >= 11 is 1.50. The molecule has 1 amide bonds. The monoisotopic (exact) mass is 315 g/mol. The molecule has 5 heteroatoms. The fraction of sp³-hybridized carbons (Fsp3) is 0.412. The largest absolute Gasteiger partial charge is 0.335 e. The first-order valence-electron chi connectivity index (χ1n) is 7.68. The molecule has 1 aromatic carbocycles. The summed E-state index contributed by atoms with van der Waals surface area (Å²) in [6, 6.07) is 10.6. The Morgan fingerprint density at radius 1 is 1.41 bits per heavy atom. The second-order valence-electron chi connectivity index (χ2n) is 5.91. The van der Waals surface area contributed by atoms with Crippen molar-refractivity contribution in [1.82, 2.24) is 9.88 Å². The Hall–Kier alpha value is -1.72. The molecule has 0 unspecified atom stereocenters. The van der Waals surface area contributed by atoms with E-state index >= 15 is 0 Å². The van der Waals surface area contributed by atoms with Gasteiger partial charge in [-0.3, -0.25) is 4.79 Å². The molecule has 0 radical (unpaired) electrons. The number of piperidine rings is 1. The third-order valence-corrected chi connectivity index (χ3v) is 5.13. The zero-order chi connectivity index (χ0) is 15.5. The smallest absolute Gasteiger partial charge is 0.265 e. The van der Waals surface area contributed by atoms with E-state index in [-0.39, 0.29) is 18.0 Å². The molecule has 3 rings (SSSR count). The number of likely N-dealkylation sites (tertiary alicyclic amines) is 1. The van der Waals surface area contributed by atoms with Gasteiger partial charge in [-0.25, -0.2) is 4.98 Å². The van der Waals surface area contributed by atoms with Gasteiger partial charge in [-0.15, -0.1) is 11.3 Å². The lowest BCUT2D eigenvalue weighted by Gasteiger charge is -2.36. The molecule has 2 aromatic rings. The van der Waals surface area contributed by atoms with Crippen LogP contribution in [-0.2, 0) is 6.42 Å². The summed E-state index contributed by atoms with van der Waals surface area (Å²) < 4.78 is 0. The van der Waals surface area contributed by atoms with Gasteiger partial charge in [0.1, 0.15) is 4.88 Å². The molecule has 0 spiro atoms. The van der Waals surface area contributed by atoms with E-state index in [1.54, 1.807) is 6.20 Å². The summed E-state index contributed by atoms with van der Waals surface area (Å²) in [7, 11) is 0. The molecule has 4 nitrogen and oxygen atoms in total. The Morgan fingerprint density at radius 3 is 2.91 bits per heavy atom. The Kier molecular flexibility index (Phi) is 4.55.